The van der Waals surface area contributed by atoms with Gasteiger partial charge in [-0.05, 0) is 44.1 Å². The predicted molar refractivity (Wildman–Crippen MR) is 69.6 cm³/mol. The summed E-state index contributed by atoms with van der Waals surface area (Å²) in [6, 6.07) is 8.59. The first kappa shape index (κ1) is 5.22. The minimum absolute atomic E-state index is 0.333. The van der Waals surface area contributed by atoms with Crippen molar-refractivity contribution >= 4 is 0 Å². The maximum atomic E-state index is 8.17. The minimum atomic E-state index is -2.97. The summed E-state index contributed by atoms with van der Waals surface area (Å²) in [6.07, 6.45) is -4.50. The largest absolute Gasteiger partial charge is 0.300 e. The van der Waals surface area contributed by atoms with Gasteiger partial charge in [-0.25, -0.2) is 0 Å². The summed E-state index contributed by atoms with van der Waals surface area (Å²) in [6.45, 7) is -3.62. The molecule has 16 heavy (non-hydrogen) atoms. The molecule has 1 atom stereocenters. The Kier molecular flexibility index (Phi) is 1.97. The summed E-state index contributed by atoms with van der Waals surface area (Å²) in [4.78, 5) is 0.788. The Labute approximate surface area is 111 Å². The Bertz CT molecular complexity index is 546. The summed E-state index contributed by atoms with van der Waals surface area (Å²) in [5.74, 6) is 0. The van der Waals surface area contributed by atoms with E-state index in [0.717, 1.165) is 10.5 Å². The molecule has 1 aromatic carbocycles. The highest BCUT2D eigenvalue weighted by atomic mass is 15.2. The van der Waals surface area contributed by atoms with Gasteiger partial charge in [0.1, 0.15) is 0 Å². The summed E-state index contributed by atoms with van der Waals surface area (Å²) in [5, 5.41) is 0. The molecular weight excluding hydrogens is 194 g/mol. The molecule has 2 rings (SSSR count). The molecule has 0 amide bonds. The highest BCUT2D eigenvalue weighted by Gasteiger charge is 2.20. The third-order valence-corrected chi connectivity index (χ3v) is 2.72. The van der Waals surface area contributed by atoms with E-state index >= 15 is 0 Å². The Morgan fingerprint density at radius 2 is 1.94 bits per heavy atom. The van der Waals surface area contributed by atoms with Gasteiger partial charge in [0.15, 0.2) is 0 Å². The average molecular weight is 225 g/mol. The van der Waals surface area contributed by atoms with Crippen molar-refractivity contribution in [2.45, 2.75) is 45.0 Å². The van der Waals surface area contributed by atoms with E-state index in [2.05, 4.69) is 0 Å². The molecule has 1 aliphatic heterocycles. The monoisotopic (exact) mass is 225 g/mol. The number of nitrogens with zero attached hydrogens (tertiary/aromatic N) is 1. The van der Waals surface area contributed by atoms with Gasteiger partial charge in [-0.1, -0.05) is 43.7 Å². The lowest BCUT2D eigenvalue weighted by Crippen LogP contribution is -2.34. The minimum Gasteiger partial charge on any atom is -0.300 e. The summed E-state index contributed by atoms with van der Waals surface area (Å²) >= 11 is 0. The molecule has 1 heteroatoms. The van der Waals surface area contributed by atoms with Gasteiger partial charge in [-0.3, -0.25) is 0 Å². The van der Waals surface area contributed by atoms with Gasteiger partial charge in [-0.2, -0.15) is 0 Å². The lowest BCUT2D eigenvalue weighted by molar-refractivity contribution is 0.227. The van der Waals surface area contributed by atoms with Gasteiger partial charge in [0, 0.05) is 17.0 Å². The standard InChI is InChI=1S/C15H23N/c1-2-8-15(16-11-6-7-12-16)13-14-9-4-3-5-10-14/h3-5,9-10,15H,2,6-8,11-13H2,1H3/i6D2,7D2,11D2,12D2. The number of benzene rings is 1. The number of hydrogen-bond acceptors (Lipinski definition) is 1. The van der Waals surface area contributed by atoms with E-state index in [4.69, 9.17) is 11.0 Å². The van der Waals surface area contributed by atoms with Gasteiger partial charge in [0.2, 0.25) is 0 Å². The van der Waals surface area contributed by atoms with E-state index in [1.165, 1.54) is 0 Å². The molecule has 0 N–H and O–H groups in total. The number of hydrogen-bond donors (Lipinski definition) is 0. The number of rotatable bonds is 5. The quantitative estimate of drug-likeness (QED) is 0.741. The van der Waals surface area contributed by atoms with Crippen LogP contribution in [-0.2, 0) is 6.42 Å². The molecule has 1 fully saturated rings. The first-order valence-electron chi connectivity index (χ1n) is 9.74. The molecule has 0 radical (unpaired) electrons. The lowest BCUT2D eigenvalue weighted by atomic mass is 10.0. The molecule has 0 aliphatic carbocycles. The fourth-order valence-corrected chi connectivity index (χ4v) is 1.93. The SMILES string of the molecule is [2H]C1([2H])N(C(CCC)Cc2ccccc2)C([2H])([2H])C([2H])([2H])C1([2H])[2H]. The second-order valence-electron chi connectivity index (χ2n) is 3.98. The highest BCUT2D eigenvalue weighted by Crippen LogP contribution is 2.19. The van der Waals surface area contributed by atoms with Gasteiger partial charge in [0.05, 0.1) is 0 Å². The van der Waals surface area contributed by atoms with Gasteiger partial charge >= 0.3 is 0 Å². The molecule has 1 heterocycles. The first-order chi connectivity index (χ1) is 10.9. The van der Waals surface area contributed by atoms with Crippen LogP contribution in [0.25, 0.3) is 0 Å². The molecule has 1 unspecified atom stereocenters. The van der Waals surface area contributed by atoms with Crippen LogP contribution in [0.4, 0.5) is 0 Å². The van der Waals surface area contributed by atoms with Crippen molar-refractivity contribution in [1.29, 1.82) is 0 Å². The van der Waals surface area contributed by atoms with E-state index in [-0.39, 0.29) is 0 Å². The third-order valence-electron chi connectivity index (χ3n) is 2.72. The van der Waals surface area contributed by atoms with Crippen molar-refractivity contribution in [3.63, 3.8) is 0 Å². The molecule has 88 valence electrons. The van der Waals surface area contributed by atoms with Crippen molar-refractivity contribution in [2.24, 2.45) is 0 Å². The molecule has 1 saturated heterocycles. The predicted octanol–water partition coefficient (Wildman–Crippen LogP) is 3.49. The normalized spacial score (nSPS) is 38.8. The van der Waals surface area contributed by atoms with Crippen LogP contribution >= 0.6 is 0 Å². The highest BCUT2D eigenvalue weighted by molar-refractivity contribution is 5.16. The Hall–Kier alpha value is -0.820. The zero-order chi connectivity index (χ0) is 18.4. The van der Waals surface area contributed by atoms with Gasteiger partial charge < -0.3 is 4.90 Å². The van der Waals surface area contributed by atoms with Crippen LogP contribution in [-0.4, -0.2) is 23.9 Å². The van der Waals surface area contributed by atoms with Crippen LogP contribution in [0.5, 0.6) is 0 Å². The maximum absolute atomic E-state index is 8.17. The van der Waals surface area contributed by atoms with Gasteiger partial charge in [0.25, 0.3) is 0 Å². The summed E-state index contributed by atoms with van der Waals surface area (Å²) in [7, 11) is 0. The zero-order valence-electron chi connectivity index (χ0n) is 17.5. The van der Waals surface area contributed by atoms with E-state index in [1.54, 1.807) is 0 Å². The van der Waals surface area contributed by atoms with E-state index < -0.39 is 31.8 Å². The molecule has 1 nitrogen and oxygen atoms in total. The average Bonchev–Trinajstić information content (AvgIpc) is 2.53. The molecule has 1 aliphatic rings. The second-order valence-corrected chi connectivity index (χ2v) is 3.98. The Morgan fingerprint density at radius 1 is 1.25 bits per heavy atom. The van der Waals surface area contributed by atoms with Crippen molar-refractivity contribution in [3.8, 4) is 0 Å². The maximum Gasteiger partial charge on any atom is 0.0431 e. The first-order valence-corrected chi connectivity index (χ1v) is 5.74. The van der Waals surface area contributed by atoms with Crippen LogP contribution in [0, 0.1) is 0 Å². The van der Waals surface area contributed by atoms with E-state index in [1.807, 2.05) is 37.3 Å². The van der Waals surface area contributed by atoms with Crippen LogP contribution in [0.2, 0.25) is 0 Å². The van der Waals surface area contributed by atoms with Crippen molar-refractivity contribution in [2.75, 3.05) is 13.0 Å². The van der Waals surface area contributed by atoms with Crippen LogP contribution in [0.15, 0.2) is 30.3 Å². The Balaban J connectivity index is 2.48. The van der Waals surface area contributed by atoms with E-state index in [0.29, 0.717) is 19.3 Å². The smallest absolute Gasteiger partial charge is 0.0431 e. The van der Waals surface area contributed by atoms with Crippen LogP contribution in [0.3, 0.4) is 0 Å². The zero-order valence-corrected chi connectivity index (χ0v) is 9.53. The van der Waals surface area contributed by atoms with E-state index in [9.17, 15) is 0 Å². The van der Waals surface area contributed by atoms with Gasteiger partial charge in [-0.15, -0.1) is 0 Å². The molecule has 0 aromatic heterocycles. The van der Waals surface area contributed by atoms with Crippen LogP contribution in [0.1, 0.15) is 49.0 Å². The fourth-order valence-electron chi connectivity index (χ4n) is 1.93. The molecule has 0 saturated carbocycles. The van der Waals surface area contributed by atoms with Crippen molar-refractivity contribution < 1.29 is 11.0 Å². The Morgan fingerprint density at radius 3 is 2.56 bits per heavy atom. The third kappa shape index (κ3) is 3.08. The molecule has 0 spiro atoms. The molecule has 1 aromatic rings. The fraction of sp³-hybridized carbons (Fsp3) is 0.600. The molecular formula is C15H23N. The van der Waals surface area contributed by atoms with Crippen molar-refractivity contribution in [3.05, 3.63) is 35.9 Å². The molecule has 0 bridgehead atoms. The summed E-state index contributed by atoms with van der Waals surface area (Å²) in [5.41, 5.74) is 0.885. The topological polar surface area (TPSA) is 3.24 Å². The number of likely N-dealkylation sites (tertiary alicyclic amines) is 1. The summed E-state index contributed by atoms with van der Waals surface area (Å²) < 4.78 is 64.4. The van der Waals surface area contributed by atoms with Crippen molar-refractivity contribution in [1.82, 2.24) is 4.90 Å². The second kappa shape index (κ2) is 6.05. The lowest BCUT2D eigenvalue weighted by Gasteiger charge is -2.27. The van der Waals surface area contributed by atoms with Crippen LogP contribution < -0.4 is 0 Å².